The molecule has 0 bridgehead atoms. The van der Waals surface area contributed by atoms with Crippen LogP contribution in [0.4, 0.5) is 0 Å². The molecule has 1 aromatic rings. The summed E-state index contributed by atoms with van der Waals surface area (Å²) in [7, 11) is 1.66. The van der Waals surface area contributed by atoms with Crippen LogP contribution in [0.5, 0.6) is 5.75 Å². The lowest BCUT2D eigenvalue weighted by Crippen LogP contribution is -2.18. The molecule has 88 valence electrons. The van der Waals surface area contributed by atoms with Crippen LogP contribution in [-0.2, 0) is 4.74 Å². The van der Waals surface area contributed by atoms with Gasteiger partial charge < -0.3 is 15.2 Å². The van der Waals surface area contributed by atoms with Gasteiger partial charge in [0.25, 0.3) is 0 Å². The standard InChI is InChI=1S/C12H18N2O2/c1-9(7-8-15-2)16-11-6-4-3-5-10(11)12(13)14/h3-6,9H,7-8H2,1-2H3,(H3,13,14). The maximum atomic E-state index is 7.43. The molecule has 0 spiro atoms. The summed E-state index contributed by atoms with van der Waals surface area (Å²) < 4.78 is 10.7. The number of rotatable bonds is 6. The number of nitrogen functional groups attached to an aromatic ring is 1. The number of methoxy groups -OCH3 is 1. The van der Waals surface area contributed by atoms with Crippen molar-refractivity contribution in [1.29, 1.82) is 5.41 Å². The predicted octanol–water partition coefficient (Wildman–Crippen LogP) is 1.77. The van der Waals surface area contributed by atoms with Crippen molar-refractivity contribution >= 4 is 5.84 Å². The Bertz CT molecular complexity index is 353. The molecule has 0 fully saturated rings. The molecule has 1 aromatic carbocycles. The van der Waals surface area contributed by atoms with E-state index >= 15 is 0 Å². The Morgan fingerprint density at radius 1 is 1.44 bits per heavy atom. The molecule has 1 unspecified atom stereocenters. The molecule has 1 rings (SSSR count). The molecule has 3 N–H and O–H groups in total. The number of amidine groups is 1. The molecule has 0 amide bonds. The Balaban J connectivity index is 2.69. The highest BCUT2D eigenvalue weighted by molar-refractivity contribution is 5.97. The van der Waals surface area contributed by atoms with Gasteiger partial charge in [0.15, 0.2) is 0 Å². The van der Waals surface area contributed by atoms with Crippen molar-refractivity contribution in [3.05, 3.63) is 29.8 Å². The second kappa shape index (κ2) is 6.12. The highest BCUT2D eigenvalue weighted by atomic mass is 16.5. The fraction of sp³-hybridized carbons (Fsp3) is 0.417. The molecule has 0 heterocycles. The Hall–Kier alpha value is -1.55. The molecule has 0 radical (unpaired) electrons. The van der Waals surface area contributed by atoms with Gasteiger partial charge in [-0.3, -0.25) is 5.41 Å². The summed E-state index contributed by atoms with van der Waals surface area (Å²) in [5.41, 5.74) is 6.10. The van der Waals surface area contributed by atoms with Crippen molar-refractivity contribution < 1.29 is 9.47 Å². The van der Waals surface area contributed by atoms with Gasteiger partial charge in [0.05, 0.1) is 11.7 Å². The van der Waals surface area contributed by atoms with E-state index in [1.54, 1.807) is 13.2 Å². The molecule has 16 heavy (non-hydrogen) atoms. The zero-order chi connectivity index (χ0) is 12.0. The molecule has 0 saturated heterocycles. The second-order valence-electron chi connectivity index (χ2n) is 3.62. The van der Waals surface area contributed by atoms with Crippen LogP contribution < -0.4 is 10.5 Å². The van der Waals surface area contributed by atoms with E-state index < -0.39 is 0 Å². The highest BCUT2D eigenvalue weighted by Crippen LogP contribution is 2.19. The van der Waals surface area contributed by atoms with Crippen LogP contribution in [0.15, 0.2) is 24.3 Å². The van der Waals surface area contributed by atoms with Gasteiger partial charge in [-0.15, -0.1) is 0 Å². The lowest BCUT2D eigenvalue weighted by molar-refractivity contribution is 0.135. The maximum Gasteiger partial charge on any atom is 0.130 e. The minimum atomic E-state index is 0.0227. The molecule has 0 aliphatic carbocycles. The van der Waals surface area contributed by atoms with Crippen molar-refractivity contribution in [1.82, 2.24) is 0 Å². The summed E-state index contributed by atoms with van der Waals surface area (Å²) >= 11 is 0. The van der Waals surface area contributed by atoms with Gasteiger partial charge in [-0.05, 0) is 19.1 Å². The first-order chi connectivity index (χ1) is 7.65. The van der Waals surface area contributed by atoms with Gasteiger partial charge in [0, 0.05) is 20.1 Å². The minimum absolute atomic E-state index is 0.0227. The third kappa shape index (κ3) is 3.55. The van der Waals surface area contributed by atoms with Crippen LogP contribution in [0, 0.1) is 5.41 Å². The van der Waals surface area contributed by atoms with Gasteiger partial charge >= 0.3 is 0 Å². The van der Waals surface area contributed by atoms with Gasteiger partial charge in [-0.2, -0.15) is 0 Å². The maximum absolute atomic E-state index is 7.43. The lowest BCUT2D eigenvalue weighted by Gasteiger charge is -2.16. The Morgan fingerprint density at radius 2 is 2.12 bits per heavy atom. The molecular weight excluding hydrogens is 204 g/mol. The number of benzene rings is 1. The van der Waals surface area contributed by atoms with E-state index in [2.05, 4.69) is 0 Å². The zero-order valence-corrected chi connectivity index (χ0v) is 9.69. The van der Waals surface area contributed by atoms with Crippen molar-refractivity contribution in [3.63, 3.8) is 0 Å². The highest BCUT2D eigenvalue weighted by Gasteiger charge is 2.09. The van der Waals surface area contributed by atoms with Crippen LogP contribution in [0.3, 0.4) is 0 Å². The van der Waals surface area contributed by atoms with Crippen LogP contribution in [-0.4, -0.2) is 25.7 Å². The topological polar surface area (TPSA) is 68.3 Å². The van der Waals surface area contributed by atoms with Crippen molar-refractivity contribution in [2.75, 3.05) is 13.7 Å². The van der Waals surface area contributed by atoms with Gasteiger partial charge in [0.1, 0.15) is 11.6 Å². The summed E-state index contributed by atoms with van der Waals surface area (Å²) in [5.74, 6) is 0.674. The number of hydrogen-bond donors (Lipinski definition) is 2. The average Bonchev–Trinajstić information content (AvgIpc) is 2.27. The number of para-hydroxylation sites is 1. The zero-order valence-electron chi connectivity index (χ0n) is 9.69. The van der Waals surface area contributed by atoms with Crippen molar-refractivity contribution in [2.45, 2.75) is 19.4 Å². The number of ether oxygens (including phenoxy) is 2. The molecule has 0 aromatic heterocycles. The van der Waals surface area contributed by atoms with Crippen LogP contribution in [0.1, 0.15) is 18.9 Å². The fourth-order valence-corrected chi connectivity index (χ4v) is 1.35. The quantitative estimate of drug-likeness (QED) is 0.569. The molecular formula is C12H18N2O2. The van der Waals surface area contributed by atoms with E-state index in [4.69, 9.17) is 20.6 Å². The SMILES string of the molecule is COCCC(C)Oc1ccccc1C(=N)N. The summed E-state index contributed by atoms with van der Waals surface area (Å²) in [6, 6.07) is 7.30. The van der Waals surface area contributed by atoms with Gasteiger partial charge in [-0.25, -0.2) is 0 Å². The van der Waals surface area contributed by atoms with Gasteiger partial charge in [-0.1, -0.05) is 12.1 Å². The Labute approximate surface area is 95.9 Å². The number of nitrogens with two attached hydrogens (primary N) is 1. The normalized spacial score (nSPS) is 12.1. The Morgan fingerprint density at radius 3 is 2.75 bits per heavy atom. The van der Waals surface area contributed by atoms with Crippen molar-refractivity contribution in [2.24, 2.45) is 5.73 Å². The lowest BCUT2D eigenvalue weighted by atomic mass is 10.2. The van der Waals surface area contributed by atoms with E-state index in [1.165, 1.54) is 0 Å². The predicted molar refractivity (Wildman–Crippen MR) is 64.0 cm³/mol. The summed E-state index contributed by atoms with van der Waals surface area (Å²) in [4.78, 5) is 0. The van der Waals surface area contributed by atoms with Crippen LogP contribution in [0.2, 0.25) is 0 Å². The molecule has 4 nitrogen and oxygen atoms in total. The third-order valence-electron chi connectivity index (χ3n) is 2.23. The van der Waals surface area contributed by atoms with E-state index in [1.807, 2.05) is 25.1 Å². The first-order valence-corrected chi connectivity index (χ1v) is 5.24. The van der Waals surface area contributed by atoms with E-state index in [0.29, 0.717) is 17.9 Å². The van der Waals surface area contributed by atoms with Crippen molar-refractivity contribution in [3.8, 4) is 5.75 Å². The average molecular weight is 222 g/mol. The third-order valence-corrected chi connectivity index (χ3v) is 2.23. The molecule has 0 aliphatic rings. The van der Waals surface area contributed by atoms with E-state index in [0.717, 1.165) is 6.42 Å². The van der Waals surface area contributed by atoms with Crippen LogP contribution in [0.25, 0.3) is 0 Å². The summed E-state index contributed by atoms with van der Waals surface area (Å²) in [6.45, 7) is 2.62. The summed E-state index contributed by atoms with van der Waals surface area (Å²) in [6.07, 6.45) is 0.850. The van der Waals surface area contributed by atoms with Crippen LogP contribution >= 0.6 is 0 Å². The fourth-order valence-electron chi connectivity index (χ4n) is 1.35. The van der Waals surface area contributed by atoms with E-state index in [9.17, 15) is 0 Å². The molecule has 0 saturated carbocycles. The summed E-state index contributed by atoms with van der Waals surface area (Å²) in [5, 5.41) is 7.43. The molecule has 1 atom stereocenters. The van der Waals surface area contributed by atoms with E-state index in [-0.39, 0.29) is 11.9 Å². The number of nitrogens with one attached hydrogen (secondary N) is 1. The second-order valence-corrected chi connectivity index (χ2v) is 3.62. The minimum Gasteiger partial charge on any atom is -0.490 e. The molecule has 0 aliphatic heterocycles. The first-order valence-electron chi connectivity index (χ1n) is 5.24. The Kier molecular flexibility index (Phi) is 4.79. The smallest absolute Gasteiger partial charge is 0.130 e. The molecule has 4 heteroatoms. The largest absolute Gasteiger partial charge is 0.490 e. The number of hydrogen-bond acceptors (Lipinski definition) is 3. The first kappa shape index (κ1) is 12.5. The monoisotopic (exact) mass is 222 g/mol. The van der Waals surface area contributed by atoms with Gasteiger partial charge in [0.2, 0.25) is 0 Å².